The standard InChI is InChI=1S/C20H30FN3O4S/c1-28-19-4-3-15(13-18(19)21)14-23-9-7-17(8-10-23)22-20(25)16-5-11-24(12-6-16)29(2,26)27/h3-4,13,16-17H,5-12,14H2,1-2H3,(H,22,25). The Balaban J connectivity index is 1.42. The zero-order valence-corrected chi connectivity index (χ0v) is 17.9. The van der Waals surface area contributed by atoms with Gasteiger partial charge >= 0.3 is 0 Å². The largest absolute Gasteiger partial charge is 0.494 e. The minimum absolute atomic E-state index is 0.0360. The Bertz CT molecular complexity index is 817. The third-order valence-corrected chi connectivity index (χ3v) is 7.15. The molecule has 0 bridgehead atoms. The van der Waals surface area contributed by atoms with E-state index in [0.717, 1.165) is 31.5 Å². The first-order valence-electron chi connectivity index (χ1n) is 10.1. The van der Waals surface area contributed by atoms with Crippen LogP contribution in [0.5, 0.6) is 5.75 Å². The van der Waals surface area contributed by atoms with E-state index >= 15 is 0 Å². The van der Waals surface area contributed by atoms with E-state index in [-0.39, 0.29) is 29.4 Å². The Morgan fingerprint density at radius 3 is 2.38 bits per heavy atom. The molecule has 0 atom stereocenters. The third-order valence-electron chi connectivity index (χ3n) is 5.85. The Hall–Kier alpha value is -1.71. The number of amides is 1. The van der Waals surface area contributed by atoms with Crippen LogP contribution in [0.4, 0.5) is 4.39 Å². The fourth-order valence-electron chi connectivity index (χ4n) is 4.07. The van der Waals surface area contributed by atoms with Gasteiger partial charge in [-0.25, -0.2) is 17.1 Å². The van der Waals surface area contributed by atoms with Gasteiger partial charge in [0.2, 0.25) is 15.9 Å². The number of hydrogen-bond acceptors (Lipinski definition) is 5. The molecule has 0 saturated carbocycles. The molecule has 0 aromatic heterocycles. The molecule has 9 heteroatoms. The summed E-state index contributed by atoms with van der Waals surface area (Å²) in [5.74, 6) is -0.186. The van der Waals surface area contributed by atoms with Crippen molar-refractivity contribution in [3.63, 3.8) is 0 Å². The van der Waals surface area contributed by atoms with Crippen molar-refractivity contribution in [3.05, 3.63) is 29.6 Å². The molecule has 2 heterocycles. The van der Waals surface area contributed by atoms with Gasteiger partial charge in [-0.05, 0) is 43.4 Å². The topological polar surface area (TPSA) is 79.0 Å². The lowest BCUT2D eigenvalue weighted by Gasteiger charge is -2.34. The van der Waals surface area contributed by atoms with Crippen LogP contribution in [0.25, 0.3) is 0 Å². The minimum atomic E-state index is -3.18. The van der Waals surface area contributed by atoms with E-state index in [1.807, 2.05) is 6.07 Å². The molecule has 0 spiro atoms. The second-order valence-corrected chi connectivity index (χ2v) is 9.95. The summed E-state index contributed by atoms with van der Waals surface area (Å²) < 4.78 is 43.4. The highest BCUT2D eigenvalue weighted by Crippen LogP contribution is 2.22. The highest BCUT2D eigenvalue weighted by Gasteiger charge is 2.30. The van der Waals surface area contributed by atoms with Gasteiger partial charge in [-0.1, -0.05) is 6.07 Å². The first-order chi connectivity index (χ1) is 13.8. The van der Waals surface area contributed by atoms with Gasteiger partial charge in [0.15, 0.2) is 11.6 Å². The van der Waals surface area contributed by atoms with Gasteiger partial charge in [0.25, 0.3) is 0 Å². The maximum atomic E-state index is 13.8. The molecule has 1 N–H and O–H groups in total. The van der Waals surface area contributed by atoms with E-state index in [1.165, 1.54) is 23.7 Å². The van der Waals surface area contributed by atoms with Crippen molar-refractivity contribution >= 4 is 15.9 Å². The number of nitrogens with zero attached hydrogens (tertiary/aromatic N) is 2. The molecule has 0 radical (unpaired) electrons. The Labute approximate surface area is 172 Å². The molecule has 2 saturated heterocycles. The molecule has 7 nitrogen and oxygen atoms in total. The van der Waals surface area contributed by atoms with Crippen molar-refractivity contribution in [3.8, 4) is 5.75 Å². The predicted octanol–water partition coefficient (Wildman–Crippen LogP) is 1.59. The van der Waals surface area contributed by atoms with Crippen LogP contribution in [0.3, 0.4) is 0 Å². The van der Waals surface area contributed by atoms with Gasteiger partial charge in [0.05, 0.1) is 13.4 Å². The SMILES string of the molecule is COc1ccc(CN2CCC(NC(=O)C3CCN(S(C)(=O)=O)CC3)CC2)cc1F. The first-order valence-corrected chi connectivity index (χ1v) is 11.9. The van der Waals surface area contributed by atoms with E-state index in [2.05, 4.69) is 10.2 Å². The van der Waals surface area contributed by atoms with Crippen molar-refractivity contribution < 1.29 is 22.3 Å². The van der Waals surface area contributed by atoms with E-state index in [1.54, 1.807) is 6.07 Å². The van der Waals surface area contributed by atoms with Gasteiger partial charge in [-0.15, -0.1) is 0 Å². The maximum absolute atomic E-state index is 13.8. The predicted molar refractivity (Wildman–Crippen MR) is 109 cm³/mol. The van der Waals surface area contributed by atoms with E-state index in [4.69, 9.17) is 4.74 Å². The van der Waals surface area contributed by atoms with Gasteiger partial charge in [0.1, 0.15) is 0 Å². The number of methoxy groups -OCH3 is 1. The van der Waals surface area contributed by atoms with Crippen LogP contribution in [0.1, 0.15) is 31.2 Å². The third kappa shape index (κ3) is 5.90. The number of halogens is 1. The summed E-state index contributed by atoms with van der Waals surface area (Å²) in [6.45, 7) is 3.17. The smallest absolute Gasteiger partial charge is 0.223 e. The lowest BCUT2D eigenvalue weighted by Crippen LogP contribution is -2.48. The lowest BCUT2D eigenvalue weighted by atomic mass is 9.95. The highest BCUT2D eigenvalue weighted by atomic mass is 32.2. The summed E-state index contributed by atoms with van der Waals surface area (Å²) in [7, 11) is -1.72. The van der Waals surface area contributed by atoms with E-state index < -0.39 is 10.0 Å². The summed E-state index contributed by atoms with van der Waals surface area (Å²) in [6.07, 6.45) is 4.06. The van der Waals surface area contributed by atoms with E-state index in [0.29, 0.717) is 32.5 Å². The van der Waals surface area contributed by atoms with Gasteiger partial charge in [-0.2, -0.15) is 0 Å². The summed E-state index contributed by atoms with van der Waals surface area (Å²) in [4.78, 5) is 14.8. The fraction of sp³-hybridized carbons (Fsp3) is 0.650. The number of likely N-dealkylation sites (tertiary alicyclic amines) is 1. The number of rotatable bonds is 6. The fourth-order valence-corrected chi connectivity index (χ4v) is 4.94. The summed E-state index contributed by atoms with van der Waals surface area (Å²) in [5, 5.41) is 3.14. The maximum Gasteiger partial charge on any atom is 0.223 e. The quantitative estimate of drug-likeness (QED) is 0.746. The molecule has 2 fully saturated rings. The van der Waals surface area contributed by atoms with Crippen LogP contribution < -0.4 is 10.1 Å². The number of ether oxygens (including phenoxy) is 1. The molecular formula is C20H30FN3O4S. The van der Waals surface area contributed by atoms with Gasteiger partial charge in [-0.3, -0.25) is 9.69 Å². The molecule has 2 aliphatic heterocycles. The van der Waals surface area contributed by atoms with Crippen LogP contribution in [0, 0.1) is 11.7 Å². The van der Waals surface area contributed by atoms with E-state index in [9.17, 15) is 17.6 Å². The second-order valence-electron chi connectivity index (χ2n) is 7.96. The highest BCUT2D eigenvalue weighted by molar-refractivity contribution is 7.88. The van der Waals surface area contributed by atoms with Crippen LogP contribution in [0.2, 0.25) is 0 Å². The number of benzene rings is 1. The molecule has 0 unspecified atom stereocenters. The summed E-state index contributed by atoms with van der Waals surface area (Å²) in [5.41, 5.74) is 0.906. The van der Waals surface area contributed by atoms with Crippen LogP contribution >= 0.6 is 0 Å². The Kier molecular flexibility index (Phi) is 7.13. The first kappa shape index (κ1) is 22.0. The van der Waals surface area contributed by atoms with Crippen LogP contribution in [-0.4, -0.2) is 69.1 Å². The average molecular weight is 428 g/mol. The van der Waals surface area contributed by atoms with Gasteiger partial charge in [0, 0.05) is 44.7 Å². The molecule has 0 aliphatic carbocycles. The van der Waals surface area contributed by atoms with Gasteiger partial charge < -0.3 is 10.1 Å². The number of sulfonamides is 1. The molecule has 3 rings (SSSR count). The normalized spacial score (nSPS) is 20.5. The van der Waals surface area contributed by atoms with Crippen molar-refractivity contribution in [2.75, 3.05) is 39.5 Å². The van der Waals surface area contributed by atoms with Crippen molar-refractivity contribution in [2.24, 2.45) is 5.92 Å². The zero-order chi connectivity index (χ0) is 21.0. The molecule has 1 aromatic rings. The molecule has 162 valence electrons. The van der Waals surface area contributed by atoms with Crippen molar-refractivity contribution in [2.45, 2.75) is 38.3 Å². The second kappa shape index (κ2) is 9.40. The minimum Gasteiger partial charge on any atom is -0.494 e. The van der Waals surface area contributed by atoms with Crippen LogP contribution in [-0.2, 0) is 21.4 Å². The number of nitrogens with one attached hydrogen (secondary N) is 1. The van der Waals surface area contributed by atoms with Crippen molar-refractivity contribution in [1.29, 1.82) is 0 Å². The molecular weight excluding hydrogens is 397 g/mol. The molecule has 29 heavy (non-hydrogen) atoms. The lowest BCUT2D eigenvalue weighted by molar-refractivity contribution is -0.127. The Morgan fingerprint density at radius 1 is 1.17 bits per heavy atom. The number of piperidine rings is 2. The number of carbonyl (C=O) groups excluding carboxylic acids is 1. The van der Waals surface area contributed by atoms with Crippen LogP contribution in [0.15, 0.2) is 18.2 Å². The Morgan fingerprint density at radius 2 is 1.83 bits per heavy atom. The van der Waals surface area contributed by atoms with Crippen molar-refractivity contribution in [1.82, 2.24) is 14.5 Å². The molecule has 1 amide bonds. The molecule has 2 aliphatic rings. The number of carbonyl (C=O) groups is 1. The average Bonchev–Trinajstić information content (AvgIpc) is 2.69. The molecule has 1 aromatic carbocycles. The summed E-state index contributed by atoms with van der Waals surface area (Å²) >= 11 is 0. The number of hydrogen-bond donors (Lipinski definition) is 1. The summed E-state index contributed by atoms with van der Waals surface area (Å²) in [6, 6.07) is 5.17. The zero-order valence-electron chi connectivity index (χ0n) is 17.1. The monoisotopic (exact) mass is 427 g/mol.